The summed E-state index contributed by atoms with van der Waals surface area (Å²) in [6.07, 6.45) is 9.14. The number of aromatic amines is 1. The van der Waals surface area contributed by atoms with Crippen molar-refractivity contribution in [1.82, 2.24) is 24.6 Å². The topological polar surface area (TPSA) is 112 Å². The van der Waals surface area contributed by atoms with E-state index in [-0.39, 0.29) is 5.91 Å². The molecule has 0 atom stereocenters. The van der Waals surface area contributed by atoms with Gasteiger partial charge in [-0.05, 0) is 54.1 Å². The van der Waals surface area contributed by atoms with Crippen molar-refractivity contribution in [3.8, 4) is 22.4 Å². The Morgan fingerprint density at radius 3 is 2.50 bits per heavy atom. The smallest absolute Gasteiger partial charge is 0.255 e. The number of rotatable bonds is 7. The molecular formula is C32H28N8O2. The molecule has 0 aliphatic carbocycles. The maximum absolute atomic E-state index is 13.1. The SMILES string of the molecule is O=C(Nc1ccc(-c2cn[nH]c2)cc1)c1cccc(-c2cn3ccnc3c(Nc3ccc(N4CCOCC4)cc3)n2)c1. The molecule has 42 heavy (non-hydrogen) atoms. The molecule has 0 unspecified atom stereocenters. The van der Waals surface area contributed by atoms with Gasteiger partial charge in [0.2, 0.25) is 0 Å². The van der Waals surface area contributed by atoms with Crippen LogP contribution in [0.4, 0.5) is 22.9 Å². The van der Waals surface area contributed by atoms with Gasteiger partial charge in [-0.1, -0.05) is 24.3 Å². The lowest BCUT2D eigenvalue weighted by Gasteiger charge is -2.28. The second-order valence-electron chi connectivity index (χ2n) is 10.0. The van der Waals surface area contributed by atoms with E-state index in [4.69, 9.17) is 9.72 Å². The van der Waals surface area contributed by atoms with E-state index in [1.807, 2.05) is 77.6 Å². The normalized spacial score (nSPS) is 13.3. The van der Waals surface area contributed by atoms with Gasteiger partial charge in [-0.2, -0.15) is 5.10 Å². The van der Waals surface area contributed by atoms with Crippen molar-refractivity contribution in [2.45, 2.75) is 0 Å². The minimum atomic E-state index is -0.199. The zero-order chi connectivity index (χ0) is 28.3. The van der Waals surface area contributed by atoms with Crippen LogP contribution < -0.4 is 15.5 Å². The summed E-state index contributed by atoms with van der Waals surface area (Å²) >= 11 is 0. The van der Waals surface area contributed by atoms with Gasteiger partial charge in [0.15, 0.2) is 11.5 Å². The zero-order valence-electron chi connectivity index (χ0n) is 22.7. The molecule has 4 heterocycles. The van der Waals surface area contributed by atoms with Gasteiger partial charge in [0.25, 0.3) is 5.91 Å². The van der Waals surface area contributed by atoms with Crippen LogP contribution in [0.2, 0.25) is 0 Å². The number of aromatic nitrogens is 5. The molecule has 7 rings (SSSR count). The maximum atomic E-state index is 13.1. The number of nitrogens with one attached hydrogen (secondary N) is 3. The van der Waals surface area contributed by atoms with Gasteiger partial charge in [0, 0.05) is 71.6 Å². The zero-order valence-corrected chi connectivity index (χ0v) is 22.7. The summed E-state index contributed by atoms with van der Waals surface area (Å²) in [5.41, 5.74) is 7.57. The molecule has 3 aromatic heterocycles. The maximum Gasteiger partial charge on any atom is 0.255 e. The summed E-state index contributed by atoms with van der Waals surface area (Å²) in [6.45, 7) is 3.27. The number of hydrogen-bond donors (Lipinski definition) is 3. The van der Waals surface area contributed by atoms with Crippen LogP contribution in [0.15, 0.2) is 104 Å². The van der Waals surface area contributed by atoms with Crippen LogP contribution in [0.5, 0.6) is 0 Å². The first-order chi connectivity index (χ1) is 20.7. The number of ether oxygens (including phenoxy) is 1. The Balaban J connectivity index is 1.11. The number of benzene rings is 3. The first-order valence-electron chi connectivity index (χ1n) is 13.7. The molecule has 1 saturated heterocycles. The molecule has 0 bridgehead atoms. The average molecular weight is 557 g/mol. The van der Waals surface area contributed by atoms with E-state index in [1.54, 1.807) is 18.5 Å². The van der Waals surface area contributed by atoms with Crippen molar-refractivity contribution in [2.24, 2.45) is 0 Å². The highest BCUT2D eigenvalue weighted by atomic mass is 16.5. The third-order valence-electron chi connectivity index (χ3n) is 7.28. The van der Waals surface area contributed by atoms with Crippen LogP contribution in [0.1, 0.15) is 10.4 Å². The number of hydrogen-bond acceptors (Lipinski definition) is 7. The van der Waals surface area contributed by atoms with Gasteiger partial charge >= 0.3 is 0 Å². The highest BCUT2D eigenvalue weighted by Crippen LogP contribution is 2.27. The third-order valence-corrected chi connectivity index (χ3v) is 7.28. The van der Waals surface area contributed by atoms with E-state index in [1.165, 1.54) is 5.69 Å². The first kappa shape index (κ1) is 25.5. The fraction of sp³-hybridized carbons (Fsp3) is 0.125. The van der Waals surface area contributed by atoms with Crippen molar-refractivity contribution < 1.29 is 9.53 Å². The Labute approximate surface area is 242 Å². The van der Waals surface area contributed by atoms with Crippen molar-refractivity contribution >= 4 is 34.4 Å². The Morgan fingerprint density at radius 2 is 1.71 bits per heavy atom. The number of amides is 1. The number of nitrogens with zero attached hydrogens (tertiary/aromatic N) is 5. The number of carbonyl (C=O) groups excluding carboxylic acids is 1. The molecule has 0 radical (unpaired) electrons. The second kappa shape index (κ2) is 11.2. The summed E-state index contributed by atoms with van der Waals surface area (Å²) in [7, 11) is 0. The second-order valence-corrected chi connectivity index (χ2v) is 10.0. The van der Waals surface area contributed by atoms with Crippen LogP contribution in [-0.2, 0) is 4.74 Å². The molecule has 1 aliphatic heterocycles. The highest BCUT2D eigenvalue weighted by Gasteiger charge is 2.14. The molecule has 208 valence electrons. The number of carbonyl (C=O) groups is 1. The number of morpholine rings is 1. The Kier molecular flexibility index (Phi) is 6.79. The van der Waals surface area contributed by atoms with Crippen molar-refractivity contribution in [3.05, 3.63) is 109 Å². The van der Waals surface area contributed by atoms with E-state index >= 15 is 0 Å². The molecule has 10 heteroatoms. The fourth-order valence-corrected chi connectivity index (χ4v) is 5.05. The minimum Gasteiger partial charge on any atom is -0.378 e. The molecule has 1 aliphatic rings. The molecule has 3 aromatic carbocycles. The van der Waals surface area contributed by atoms with E-state index in [2.05, 4.69) is 42.8 Å². The standard InChI is InChI=1S/C32H28N8O2/c41-32(37-27-6-4-22(5-7-27)25-19-34-35-20-25)24-3-1-2-23(18-24)29-21-40-13-12-33-31(40)30(38-29)36-26-8-10-28(11-9-26)39-14-16-42-17-15-39/h1-13,18-21H,14-17H2,(H,34,35)(H,36,38)(H,37,41). The highest BCUT2D eigenvalue weighted by molar-refractivity contribution is 6.05. The quantitative estimate of drug-likeness (QED) is 0.234. The van der Waals surface area contributed by atoms with E-state index in [0.717, 1.165) is 48.7 Å². The Bertz CT molecular complexity index is 1820. The lowest BCUT2D eigenvalue weighted by Crippen LogP contribution is -2.36. The minimum absolute atomic E-state index is 0.199. The molecule has 0 saturated carbocycles. The van der Waals surface area contributed by atoms with Gasteiger partial charge in [0.1, 0.15) is 0 Å². The van der Waals surface area contributed by atoms with E-state index in [0.29, 0.717) is 28.4 Å². The summed E-state index contributed by atoms with van der Waals surface area (Å²) < 4.78 is 7.40. The van der Waals surface area contributed by atoms with Crippen LogP contribution in [0.25, 0.3) is 28.0 Å². The molecule has 1 fully saturated rings. The van der Waals surface area contributed by atoms with Gasteiger partial charge in [-0.25, -0.2) is 9.97 Å². The van der Waals surface area contributed by atoms with Crippen LogP contribution in [-0.4, -0.2) is 56.8 Å². The first-order valence-corrected chi connectivity index (χ1v) is 13.7. The van der Waals surface area contributed by atoms with Crippen LogP contribution in [0, 0.1) is 0 Å². The lowest BCUT2D eigenvalue weighted by atomic mass is 10.1. The van der Waals surface area contributed by atoms with E-state index in [9.17, 15) is 4.79 Å². The lowest BCUT2D eigenvalue weighted by molar-refractivity contribution is 0.102. The monoisotopic (exact) mass is 556 g/mol. The number of anilines is 4. The number of imidazole rings is 1. The largest absolute Gasteiger partial charge is 0.378 e. The summed E-state index contributed by atoms with van der Waals surface area (Å²) in [5, 5.41) is 13.2. The van der Waals surface area contributed by atoms with Crippen LogP contribution in [0.3, 0.4) is 0 Å². The van der Waals surface area contributed by atoms with Gasteiger partial charge in [-0.15, -0.1) is 0 Å². The molecule has 1 amide bonds. The fourth-order valence-electron chi connectivity index (χ4n) is 5.05. The summed E-state index contributed by atoms with van der Waals surface area (Å²) in [5.74, 6) is 0.430. The van der Waals surface area contributed by atoms with Crippen molar-refractivity contribution in [2.75, 3.05) is 41.8 Å². The van der Waals surface area contributed by atoms with Crippen molar-refractivity contribution in [3.63, 3.8) is 0 Å². The molecular weight excluding hydrogens is 528 g/mol. The number of fused-ring (bicyclic) bond motifs is 1. The van der Waals surface area contributed by atoms with Crippen LogP contribution >= 0.6 is 0 Å². The van der Waals surface area contributed by atoms with E-state index < -0.39 is 0 Å². The predicted molar refractivity (Wildman–Crippen MR) is 163 cm³/mol. The Hall–Kier alpha value is -5.48. The predicted octanol–water partition coefficient (Wildman–Crippen LogP) is 5.62. The van der Waals surface area contributed by atoms with Crippen molar-refractivity contribution in [1.29, 1.82) is 0 Å². The number of H-pyrrole nitrogens is 1. The van der Waals surface area contributed by atoms with Gasteiger partial charge < -0.3 is 24.7 Å². The molecule has 10 nitrogen and oxygen atoms in total. The summed E-state index contributed by atoms with van der Waals surface area (Å²) in [6, 6.07) is 23.4. The van der Waals surface area contributed by atoms with Gasteiger partial charge in [-0.3, -0.25) is 9.89 Å². The molecule has 6 aromatic rings. The van der Waals surface area contributed by atoms with Gasteiger partial charge in [0.05, 0.1) is 25.1 Å². The summed E-state index contributed by atoms with van der Waals surface area (Å²) in [4.78, 5) is 24.9. The Morgan fingerprint density at radius 1 is 0.905 bits per heavy atom. The average Bonchev–Trinajstić information content (AvgIpc) is 3.76. The molecule has 0 spiro atoms. The molecule has 3 N–H and O–H groups in total. The third kappa shape index (κ3) is 5.30.